The lowest BCUT2D eigenvalue weighted by Crippen LogP contribution is -2.62. The van der Waals surface area contributed by atoms with Crippen LogP contribution < -0.4 is 16.0 Å². The van der Waals surface area contributed by atoms with Crippen LogP contribution in [-0.4, -0.2) is 23.2 Å². The number of benzene rings is 1. The van der Waals surface area contributed by atoms with Crippen LogP contribution in [0.5, 0.6) is 0 Å². The second-order valence-electron chi connectivity index (χ2n) is 7.23. The monoisotopic (exact) mass is 343 g/mol. The summed E-state index contributed by atoms with van der Waals surface area (Å²) in [6.07, 6.45) is 1.76. The molecule has 4 nitrogen and oxygen atoms in total. The summed E-state index contributed by atoms with van der Waals surface area (Å²) in [5, 5.41) is 10.3. The lowest BCUT2D eigenvalue weighted by atomic mass is 9.80. The highest BCUT2D eigenvalue weighted by Crippen LogP contribution is 2.29. The summed E-state index contributed by atoms with van der Waals surface area (Å²) in [6, 6.07) is 4.92. The van der Waals surface area contributed by atoms with Gasteiger partial charge >= 0.3 is 6.03 Å². The number of rotatable bonds is 2. The van der Waals surface area contributed by atoms with Crippen LogP contribution >= 0.6 is 23.2 Å². The molecule has 122 valence electrons. The van der Waals surface area contributed by atoms with Gasteiger partial charge in [0, 0.05) is 22.8 Å². The molecule has 1 heterocycles. The number of anilines is 1. The van der Waals surface area contributed by atoms with Crippen LogP contribution in [-0.2, 0) is 0 Å². The number of hydrogen-bond acceptors (Lipinski definition) is 2. The number of hydrogen-bond donors (Lipinski definition) is 3. The number of nitrogens with one attached hydrogen (secondary N) is 3. The van der Waals surface area contributed by atoms with Gasteiger partial charge in [-0.15, -0.1) is 0 Å². The van der Waals surface area contributed by atoms with E-state index in [4.69, 9.17) is 23.2 Å². The van der Waals surface area contributed by atoms with Crippen molar-refractivity contribution in [1.29, 1.82) is 0 Å². The molecule has 1 aliphatic heterocycles. The molecule has 3 N–H and O–H groups in total. The summed E-state index contributed by atoms with van der Waals surface area (Å²) in [6.45, 7) is 8.61. The predicted octanol–water partition coefficient (Wildman–Crippen LogP) is 4.42. The average molecular weight is 344 g/mol. The fourth-order valence-electron chi connectivity index (χ4n) is 3.35. The van der Waals surface area contributed by atoms with Gasteiger partial charge in [0.1, 0.15) is 0 Å². The van der Waals surface area contributed by atoms with Crippen LogP contribution in [0.25, 0.3) is 0 Å². The maximum absolute atomic E-state index is 12.2. The lowest BCUT2D eigenvalue weighted by molar-refractivity contribution is 0.149. The second kappa shape index (κ2) is 6.26. The summed E-state index contributed by atoms with van der Waals surface area (Å²) >= 11 is 11.8. The first kappa shape index (κ1) is 17.4. The van der Waals surface area contributed by atoms with Crippen LogP contribution in [0.4, 0.5) is 10.5 Å². The van der Waals surface area contributed by atoms with E-state index in [1.165, 1.54) is 0 Å². The van der Waals surface area contributed by atoms with Crippen molar-refractivity contribution in [2.24, 2.45) is 0 Å². The number of urea groups is 1. The molecule has 6 heteroatoms. The van der Waals surface area contributed by atoms with Gasteiger partial charge in [0.05, 0.1) is 10.0 Å². The van der Waals surface area contributed by atoms with E-state index >= 15 is 0 Å². The lowest BCUT2D eigenvalue weighted by Gasteiger charge is -2.46. The molecule has 0 bridgehead atoms. The Labute approximate surface area is 141 Å². The van der Waals surface area contributed by atoms with Gasteiger partial charge in [-0.25, -0.2) is 4.79 Å². The van der Waals surface area contributed by atoms with Crippen molar-refractivity contribution in [1.82, 2.24) is 10.6 Å². The minimum Gasteiger partial charge on any atom is -0.335 e. The third kappa shape index (κ3) is 4.77. The average Bonchev–Trinajstić information content (AvgIpc) is 2.29. The van der Waals surface area contributed by atoms with E-state index in [0.29, 0.717) is 15.7 Å². The minimum absolute atomic E-state index is 0.0106. The Kier molecular flexibility index (Phi) is 4.95. The molecule has 0 aromatic heterocycles. The normalized spacial score (nSPS) is 20.5. The van der Waals surface area contributed by atoms with Crippen molar-refractivity contribution < 1.29 is 4.79 Å². The third-order valence-corrected chi connectivity index (χ3v) is 4.44. The largest absolute Gasteiger partial charge is 0.335 e. The minimum atomic E-state index is -0.225. The maximum atomic E-state index is 12.2. The molecule has 2 amide bonds. The summed E-state index contributed by atoms with van der Waals surface area (Å²) in [5.41, 5.74) is 0.603. The predicted molar refractivity (Wildman–Crippen MR) is 92.9 cm³/mol. The molecule has 1 aliphatic rings. The SMILES string of the molecule is CC1(C)CC(NC(=O)Nc2ccc(Cl)c(Cl)c2)CC(C)(C)N1. The molecule has 0 aliphatic carbocycles. The second-order valence-corrected chi connectivity index (χ2v) is 8.04. The summed E-state index contributed by atoms with van der Waals surface area (Å²) in [4.78, 5) is 12.2. The summed E-state index contributed by atoms with van der Waals surface area (Å²) in [7, 11) is 0. The quantitative estimate of drug-likeness (QED) is 0.744. The Bertz CT molecular complexity index is 557. The molecule has 1 saturated heterocycles. The Morgan fingerprint density at radius 2 is 1.73 bits per heavy atom. The van der Waals surface area contributed by atoms with E-state index in [-0.39, 0.29) is 23.2 Å². The van der Waals surface area contributed by atoms with Crippen molar-refractivity contribution in [2.45, 2.75) is 57.7 Å². The third-order valence-electron chi connectivity index (χ3n) is 3.70. The van der Waals surface area contributed by atoms with E-state index in [1.54, 1.807) is 18.2 Å². The zero-order valence-corrected chi connectivity index (χ0v) is 14.9. The summed E-state index contributed by atoms with van der Waals surface area (Å²) in [5.74, 6) is 0. The van der Waals surface area contributed by atoms with E-state index in [2.05, 4.69) is 43.6 Å². The van der Waals surface area contributed by atoms with Crippen molar-refractivity contribution in [3.05, 3.63) is 28.2 Å². The summed E-state index contributed by atoms with van der Waals surface area (Å²) < 4.78 is 0. The maximum Gasteiger partial charge on any atom is 0.319 e. The highest BCUT2D eigenvalue weighted by atomic mass is 35.5. The first-order chi connectivity index (χ1) is 10.1. The van der Waals surface area contributed by atoms with E-state index in [1.807, 2.05) is 0 Å². The Balaban J connectivity index is 1.98. The van der Waals surface area contributed by atoms with Gasteiger partial charge in [0.15, 0.2) is 0 Å². The molecular formula is C16H23Cl2N3O. The molecule has 1 aromatic carbocycles. The van der Waals surface area contributed by atoms with Crippen LogP contribution in [0.1, 0.15) is 40.5 Å². The fraction of sp³-hybridized carbons (Fsp3) is 0.562. The van der Waals surface area contributed by atoms with Gasteiger partial charge < -0.3 is 16.0 Å². The first-order valence-electron chi connectivity index (χ1n) is 7.38. The molecule has 0 saturated carbocycles. The molecule has 0 unspecified atom stereocenters. The van der Waals surface area contributed by atoms with Gasteiger partial charge in [-0.1, -0.05) is 23.2 Å². The molecule has 0 atom stereocenters. The van der Waals surface area contributed by atoms with Crippen LogP contribution in [0.3, 0.4) is 0 Å². The Hall–Kier alpha value is -0.970. The van der Waals surface area contributed by atoms with Gasteiger partial charge in [-0.3, -0.25) is 0 Å². The number of carbonyl (C=O) groups excluding carboxylic acids is 1. The molecule has 0 radical (unpaired) electrons. The Morgan fingerprint density at radius 3 is 2.27 bits per heavy atom. The Morgan fingerprint density at radius 1 is 1.14 bits per heavy atom. The zero-order chi connectivity index (χ0) is 16.5. The number of halogens is 2. The van der Waals surface area contributed by atoms with Crippen LogP contribution in [0, 0.1) is 0 Å². The van der Waals surface area contributed by atoms with Gasteiger partial charge in [-0.2, -0.15) is 0 Å². The highest BCUT2D eigenvalue weighted by Gasteiger charge is 2.38. The van der Waals surface area contributed by atoms with Crippen molar-refractivity contribution in [3.63, 3.8) is 0 Å². The fourth-order valence-corrected chi connectivity index (χ4v) is 3.65. The standard InChI is InChI=1S/C16H23Cl2N3O/c1-15(2)8-11(9-16(3,4)21-15)20-14(22)19-10-5-6-12(17)13(18)7-10/h5-7,11,21H,8-9H2,1-4H3,(H2,19,20,22). The van der Waals surface area contributed by atoms with E-state index in [9.17, 15) is 4.79 Å². The van der Waals surface area contributed by atoms with Gasteiger partial charge in [0.25, 0.3) is 0 Å². The zero-order valence-electron chi connectivity index (χ0n) is 13.4. The van der Waals surface area contributed by atoms with Gasteiger partial charge in [0.2, 0.25) is 0 Å². The smallest absolute Gasteiger partial charge is 0.319 e. The molecule has 2 rings (SSSR count). The number of piperidine rings is 1. The van der Waals surface area contributed by atoms with Crippen LogP contribution in [0.2, 0.25) is 10.0 Å². The molecule has 1 fully saturated rings. The van der Waals surface area contributed by atoms with E-state index < -0.39 is 0 Å². The van der Waals surface area contributed by atoms with Crippen molar-refractivity contribution in [3.8, 4) is 0 Å². The highest BCUT2D eigenvalue weighted by molar-refractivity contribution is 6.42. The van der Waals surface area contributed by atoms with Crippen LogP contribution in [0.15, 0.2) is 18.2 Å². The van der Waals surface area contributed by atoms with Gasteiger partial charge in [-0.05, 0) is 58.7 Å². The van der Waals surface area contributed by atoms with E-state index in [0.717, 1.165) is 12.8 Å². The molecule has 1 aromatic rings. The molecular weight excluding hydrogens is 321 g/mol. The topological polar surface area (TPSA) is 53.2 Å². The van der Waals surface area contributed by atoms with Crippen molar-refractivity contribution >= 4 is 34.9 Å². The van der Waals surface area contributed by atoms with Crippen molar-refractivity contribution in [2.75, 3.05) is 5.32 Å². The number of carbonyl (C=O) groups is 1. The number of amides is 2. The first-order valence-corrected chi connectivity index (χ1v) is 8.14. The molecule has 0 spiro atoms. The molecule has 22 heavy (non-hydrogen) atoms.